The van der Waals surface area contributed by atoms with E-state index in [0.717, 1.165) is 27.8 Å². The van der Waals surface area contributed by atoms with Crippen LogP contribution in [0.1, 0.15) is 22.6 Å². The number of hydrogen-bond acceptors (Lipinski definition) is 3. The van der Waals surface area contributed by atoms with E-state index in [1.54, 1.807) is 26.5 Å². The second-order valence-corrected chi connectivity index (χ2v) is 7.97. The molecule has 1 aliphatic carbocycles. The van der Waals surface area contributed by atoms with Crippen LogP contribution in [0.4, 0.5) is 4.79 Å². The van der Waals surface area contributed by atoms with Crippen molar-refractivity contribution in [2.75, 3.05) is 20.6 Å². The SMILES string of the molecule is CN(C)C(=O)[C@H](Cc1ccncc1)N(CC1c2ccccc2-c2ccccc21)C(=O)O. The molecule has 1 aliphatic rings. The summed E-state index contributed by atoms with van der Waals surface area (Å²) in [7, 11) is 3.31. The van der Waals surface area contributed by atoms with Gasteiger partial charge >= 0.3 is 6.09 Å². The Bertz CT molecular complexity index is 1050. The third-order valence-corrected chi connectivity index (χ3v) is 5.87. The number of benzene rings is 2. The molecule has 0 bridgehead atoms. The lowest BCUT2D eigenvalue weighted by molar-refractivity contribution is -0.133. The molecule has 0 saturated heterocycles. The Morgan fingerprint density at radius 3 is 2.00 bits per heavy atom. The van der Waals surface area contributed by atoms with Gasteiger partial charge in [0, 0.05) is 45.4 Å². The van der Waals surface area contributed by atoms with Crippen molar-refractivity contribution in [3.05, 3.63) is 89.7 Å². The first-order valence-electron chi connectivity index (χ1n) is 10.2. The van der Waals surface area contributed by atoms with E-state index < -0.39 is 12.1 Å². The van der Waals surface area contributed by atoms with Crippen molar-refractivity contribution in [2.24, 2.45) is 0 Å². The number of carboxylic acid groups (broad SMARTS) is 1. The molecule has 1 atom stereocenters. The van der Waals surface area contributed by atoms with Crippen LogP contribution in [0.2, 0.25) is 0 Å². The van der Waals surface area contributed by atoms with Crippen LogP contribution in [-0.4, -0.2) is 58.6 Å². The molecule has 31 heavy (non-hydrogen) atoms. The lowest BCUT2D eigenvalue weighted by Gasteiger charge is -2.33. The Hall–Kier alpha value is -3.67. The van der Waals surface area contributed by atoms with Crippen molar-refractivity contribution in [3.63, 3.8) is 0 Å². The molecule has 0 saturated carbocycles. The summed E-state index contributed by atoms with van der Waals surface area (Å²) in [6.07, 6.45) is 2.50. The van der Waals surface area contributed by atoms with Gasteiger partial charge in [0.1, 0.15) is 6.04 Å². The summed E-state index contributed by atoms with van der Waals surface area (Å²) in [4.78, 5) is 32.3. The zero-order valence-corrected chi connectivity index (χ0v) is 17.6. The zero-order chi connectivity index (χ0) is 22.0. The van der Waals surface area contributed by atoms with E-state index in [1.165, 1.54) is 9.80 Å². The van der Waals surface area contributed by atoms with Crippen LogP contribution in [0, 0.1) is 0 Å². The Morgan fingerprint density at radius 2 is 1.48 bits per heavy atom. The monoisotopic (exact) mass is 415 g/mol. The highest BCUT2D eigenvalue weighted by Gasteiger charge is 2.36. The summed E-state index contributed by atoms with van der Waals surface area (Å²) < 4.78 is 0. The van der Waals surface area contributed by atoms with Gasteiger partial charge in [0.25, 0.3) is 0 Å². The maximum absolute atomic E-state index is 13.1. The van der Waals surface area contributed by atoms with E-state index in [0.29, 0.717) is 6.42 Å². The number of carbonyl (C=O) groups is 2. The quantitative estimate of drug-likeness (QED) is 0.663. The molecule has 1 heterocycles. The molecule has 0 aliphatic heterocycles. The Kier molecular flexibility index (Phi) is 5.71. The molecule has 6 heteroatoms. The van der Waals surface area contributed by atoms with Crippen molar-refractivity contribution in [1.29, 1.82) is 0 Å². The molecule has 6 nitrogen and oxygen atoms in total. The van der Waals surface area contributed by atoms with Crippen LogP contribution < -0.4 is 0 Å². The molecule has 2 amide bonds. The minimum absolute atomic E-state index is 0.126. The summed E-state index contributed by atoms with van der Waals surface area (Å²) in [5.74, 6) is -0.364. The van der Waals surface area contributed by atoms with Gasteiger partial charge in [0.15, 0.2) is 0 Å². The summed E-state index contributed by atoms with van der Waals surface area (Å²) in [6, 6.07) is 19.0. The number of carbonyl (C=O) groups excluding carboxylic acids is 1. The number of pyridine rings is 1. The summed E-state index contributed by atoms with van der Waals surface area (Å²) in [5.41, 5.74) is 5.30. The molecule has 2 aromatic carbocycles. The van der Waals surface area contributed by atoms with Crippen LogP contribution >= 0.6 is 0 Å². The topological polar surface area (TPSA) is 73.7 Å². The summed E-state index contributed by atoms with van der Waals surface area (Å²) in [5, 5.41) is 10.2. The van der Waals surface area contributed by atoms with Crippen molar-refractivity contribution in [2.45, 2.75) is 18.4 Å². The van der Waals surface area contributed by atoms with Gasteiger partial charge in [-0.2, -0.15) is 0 Å². The van der Waals surface area contributed by atoms with Crippen molar-refractivity contribution < 1.29 is 14.7 Å². The van der Waals surface area contributed by atoms with Gasteiger partial charge in [-0.05, 0) is 39.9 Å². The van der Waals surface area contributed by atoms with Crippen LogP contribution in [0.5, 0.6) is 0 Å². The molecule has 0 unspecified atom stereocenters. The minimum Gasteiger partial charge on any atom is -0.465 e. The van der Waals surface area contributed by atoms with Gasteiger partial charge in [-0.1, -0.05) is 48.5 Å². The Labute approximate surface area is 181 Å². The lowest BCUT2D eigenvalue weighted by Crippen LogP contribution is -2.51. The number of rotatable bonds is 6. The smallest absolute Gasteiger partial charge is 0.408 e. The first-order valence-corrected chi connectivity index (χ1v) is 10.2. The number of aromatic nitrogens is 1. The molecular weight excluding hydrogens is 390 g/mol. The zero-order valence-electron chi connectivity index (χ0n) is 17.6. The summed E-state index contributed by atoms with van der Waals surface area (Å²) >= 11 is 0. The number of likely N-dealkylation sites (N-methyl/N-ethyl adjacent to an activating group) is 1. The average molecular weight is 415 g/mol. The van der Waals surface area contributed by atoms with Crippen LogP contribution in [0.25, 0.3) is 11.1 Å². The Balaban J connectivity index is 1.72. The normalized spacial score (nSPS) is 13.2. The highest BCUT2D eigenvalue weighted by molar-refractivity contribution is 5.86. The fraction of sp³-hybridized carbons (Fsp3) is 0.240. The number of amides is 2. The highest BCUT2D eigenvalue weighted by Crippen LogP contribution is 2.45. The predicted octanol–water partition coefficient (Wildman–Crippen LogP) is 3.87. The third kappa shape index (κ3) is 4.01. The van der Waals surface area contributed by atoms with Crippen molar-refractivity contribution >= 4 is 12.0 Å². The third-order valence-electron chi connectivity index (χ3n) is 5.87. The maximum Gasteiger partial charge on any atom is 0.408 e. The van der Waals surface area contributed by atoms with Crippen LogP contribution in [0.15, 0.2) is 73.1 Å². The van der Waals surface area contributed by atoms with Gasteiger partial charge in [0.05, 0.1) is 0 Å². The molecule has 0 radical (unpaired) electrons. The largest absolute Gasteiger partial charge is 0.465 e. The van der Waals surface area contributed by atoms with Gasteiger partial charge in [0.2, 0.25) is 5.91 Å². The molecule has 4 rings (SSSR count). The van der Waals surface area contributed by atoms with E-state index in [4.69, 9.17) is 0 Å². The molecule has 158 valence electrons. The van der Waals surface area contributed by atoms with Gasteiger partial charge in [-0.15, -0.1) is 0 Å². The van der Waals surface area contributed by atoms with Gasteiger partial charge < -0.3 is 10.0 Å². The fourth-order valence-electron chi connectivity index (χ4n) is 4.36. The average Bonchev–Trinajstić information content (AvgIpc) is 3.10. The second-order valence-electron chi connectivity index (χ2n) is 7.97. The first-order chi connectivity index (χ1) is 15.0. The van der Waals surface area contributed by atoms with Gasteiger partial charge in [-0.25, -0.2) is 4.79 Å². The lowest BCUT2D eigenvalue weighted by atomic mass is 9.95. The standard InChI is InChI=1S/C25H25N3O3/c1-27(2)24(29)23(15-17-11-13-26-14-12-17)28(25(30)31)16-22-20-9-5-3-7-18(20)19-8-4-6-10-21(19)22/h3-14,22-23H,15-16H2,1-2H3,(H,30,31)/t23-/m0/s1. The molecule has 0 spiro atoms. The molecule has 1 aromatic heterocycles. The molecular formula is C25H25N3O3. The summed E-state index contributed by atoms with van der Waals surface area (Å²) in [6.45, 7) is 0.207. The van der Waals surface area contributed by atoms with Crippen molar-refractivity contribution in [1.82, 2.24) is 14.8 Å². The van der Waals surface area contributed by atoms with Crippen LogP contribution in [-0.2, 0) is 11.2 Å². The number of fused-ring (bicyclic) bond motifs is 3. The van der Waals surface area contributed by atoms with E-state index in [2.05, 4.69) is 17.1 Å². The second kappa shape index (κ2) is 8.60. The van der Waals surface area contributed by atoms with E-state index in [-0.39, 0.29) is 18.4 Å². The highest BCUT2D eigenvalue weighted by atomic mass is 16.4. The van der Waals surface area contributed by atoms with E-state index >= 15 is 0 Å². The Morgan fingerprint density at radius 1 is 0.935 bits per heavy atom. The molecule has 0 fully saturated rings. The van der Waals surface area contributed by atoms with E-state index in [9.17, 15) is 14.7 Å². The number of nitrogens with zero attached hydrogens (tertiary/aromatic N) is 3. The minimum atomic E-state index is -1.10. The fourth-order valence-corrected chi connectivity index (χ4v) is 4.36. The number of hydrogen-bond donors (Lipinski definition) is 1. The van der Waals surface area contributed by atoms with Crippen LogP contribution in [0.3, 0.4) is 0 Å². The molecule has 3 aromatic rings. The van der Waals surface area contributed by atoms with Gasteiger partial charge in [-0.3, -0.25) is 14.7 Å². The molecule has 1 N–H and O–H groups in total. The van der Waals surface area contributed by atoms with Crippen molar-refractivity contribution in [3.8, 4) is 11.1 Å². The first kappa shape index (κ1) is 20.6. The van der Waals surface area contributed by atoms with E-state index in [1.807, 2.05) is 48.5 Å². The predicted molar refractivity (Wildman–Crippen MR) is 119 cm³/mol. The maximum atomic E-state index is 13.1.